The molecule has 2 unspecified atom stereocenters. The molecule has 0 saturated carbocycles. The molecule has 2 aromatic carbocycles. The Morgan fingerprint density at radius 1 is 1.19 bits per heavy atom. The number of ether oxygens (including phenoxy) is 1. The van der Waals surface area contributed by atoms with Gasteiger partial charge in [-0.05, 0) is 35.9 Å². The molecule has 166 valence electrons. The number of thiocarbonyl (C=S) groups is 1. The second kappa shape index (κ2) is 9.45. The first kappa shape index (κ1) is 24.0. The van der Waals surface area contributed by atoms with Crippen molar-refractivity contribution in [1.82, 2.24) is 5.32 Å². The molecule has 7 nitrogen and oxygen atoms in total. The van der Waals surface area contributed by atoms with Crippen LogP contribution in [0.1, 0.15) is 15.9 Å². The van der Waals surface area contributed by atoms with Crippen LogP contribution in [-0.4, -0.2) is 38.4 Å². The van der Waals surface area contributed by atoms with Crippen LogP contribution >= 0.6 is 34.8 Å². The summed E-state index contributed by atoms with van der Waals surface area (Å²) in [7, 11) is 1.30. The number of urea groups is 1. The Morgan fingerprint density at radius 3 is 2.50 bits per heavy atom. The molecule has 0 aromatic heterocycles. The number of halogens is 2. The summed E-state index contributed by atoms with van der Waals surface area (Å²) in [6.07, 6.45) is 4.59. The number of nitrogens with two attached hydrogens (primary N) is 1. The van der Waals surface area contributed by atoms with Crippen molar-refractivity contribution in [3.05, 3.63) is 83.7 Å². The van der Waals surface area contributed by atoms with E-state index in [4.69, 9.17) is 22.7 Å². The van der Waals surface area contributed by atoms with E-state index in [1.807, 2.05) is 22.6 Å². The van der Waals surface area contributed by atoms with Crippen molar-refractivity contribution in [1.29, 1.82) is 0 Å². The zero-order valence-corrected chi connectivity index (χ0v) is 19.7. The number of nitrogens with one attached hydrogen (secondary N) is 2. The SMILES string of the molecule is COC1(O)C=CC(c2ccccc2NC(=O)c2ccccc2F)=CC1(I)C(=S)NC(N)=O. The molecule has 0 saturated heterocycles. The zero-order valence-electron chi connectivity index (χ0n) is 16.8. The van der Waals surface area contributed by atoms with Gasteiger partial charge < -0.3 is 26.2 Å². The summed E-state index contributed by atoms with van der Waals surface area (Å²) in [5, 5.41) is 16.0. The standard InChI is InChI=1S/C22H19FIN3O4S/c1-31-22(30)11-10-13(12-21(22,24)19(32)27-20(25)29)14-6-3-5-9-17(14)26-18(28)15-7-2-4-8-16(15)23/h2-12,30H,1H3,(H,26,28)(H3,25,27,29,32). The Labute approximate surface area is 202 Å². The molecule has 3 rings (SSSR count). The maximum absolute atomic E-state index is 14.0. The lowest BCUT2D eigenvalue weighted by Gasteiger charge is -2.41. The lowest BCUT2D eigenvalue weighted by Crippen LogP contribution is -2.59. The van der Waals surface area contributed by atoms with Crippen molar-refractivity contribution in [2.45, 2.75) is 9.21 Å². The van der Waals surface area contributed by atoms with Gasteiger partial charge in [0.1, 0.15) is 14.2 Å². The topological polar surface area (TPSA) is 114 Å². The third-order valence-corrected chi connectivity index (χ3v) is 7.26. The summed E-state index contributed by atoms with van der Waals surface area (Å²) in [5.74, 6) is -3.13. The molecule has 0 heterocycles. The second-order valence-electron chi connectivity index (χ2n) is 6.84. The Morgan fingerprint density at radius 2 is 1.84 bits per heavy atom. The molecule has 2 atom stereocenters. The summed E-state index contributed by atoms with van der Waals surface area (Å²) in [5.41, 5.74) is 6.66. The Hall–Kier alpha value is -2.67. The molecule has 0 bridgehead atoms. The molecule has 0 fully saturated rings. The van der Waals surface area contributed by atoms with Gasteiger partial charge in [-0.25, -0.2) is 9.18 Å². The predicted molar refractivity (Wildman–Crippen MR) is 132 cm³/mol. The monoisotopic (exact) mass is 567 g/mol. The molecule has 1 aliphatic rings. The number of carbonyl (C=O) groups is 2. The van der Waals surface area contributed by atoms with Crippen molar-refractivity contribution < 1.29 is 23.8 Å². The van der Waals surface area contributed by atoms with Crippen LogP contribution in [-0.2, 0) is 4.74 Å². The van der Waals surface area contributed by atoms with Crippen molar-refractivity contribution in [3.63, 3.8) is 0 Å². The van der Waals surface area contributed by atoms with Crippen LogP contribution in [0.4, 0.5) is 14.9 Å². The van der Waals surface area contributed by atoms with E-state index in [-0.39, 0.29) is 10.6 Å². The van der Waals surface area contributed by atoms with Crippen molar-refractivity contribution in [3.8, 4) is 0 Å². The Kier molecular flexibility index (Phi) is 7.08. The minimum Gasteiger partial charge on any atom is -0.361 e. The predicted octanol–water partition coefficient (Wildman–Crippen LogP) is 3.54. The number of allylic oxidation sites excluding steroid dienone is 2. The van der Waals surface area contributed by atoms with Gasteiger partial charge in [-0.15, -0.1) is 0 Å². The fourth-order valence-corrected chi connectivity index (χ4v) is 4.36. The third kappa shape index (κ3) is 4.58. The van der Waals surface area contributed by atoms with Gasteiger partial charge in [-0.2, -0.15) is 0 Å². The highest BCUT2D eigenvalue weighted by molar-refractivity contribution is 14.1. The second-order valence-corrected chi connectivity index (χ2v) is 8.95. The number of benzene rings is 2. The molecule has 10 heteroatoms. The highest BCUT2D eigenvalue weighted by Gasteiger charge is 2.52. The molecular weight excluding hydrogens is 548 g/mol. The first-order chi connectivity index (χ1) is 15.1. The molecule has 1 aliphatic carbocycles. The van der Waals surface area contributed by atoms with Crippen molar-refractivity contribution >= 4 is 63.0 Å². The smallest absolute Gasteiger partial charge is 0.317 e. The number of para-hydroxylation sites is 1. The number of hydrogen-bond acceptors (Lipinski definition) is 5. The van der Waals surface area contributed by atoms with Gasteiger partial charge in [-0.1, -0.05) is 71.2 Å². The summed E-state index contributed by atoms with van der Waals surface area (Å²) in [4.78, 5) is 23.9. The number of primary amides is 1. The number of methoxy groups -OCH3 is 1. The van der Waals surface area contributed by atoms with E-state index < -0.39 is 27.0 Å². The average molecular weight is 567 g/mol. The number of hydrogen-bond donors (Lipinski definition) is 4. The Balaban J connectivity index is 2.03. The minimum atomic E-state index is -1.87. The van der Waals surface area contributed by atoms with Gasteiger partial charge in [-0.3, -0.25) is 4.79 Å². The molecule has 2 aromatic rings. The summed E-state index contributed by atoms with van der Waals surface area (Å²) in [6, 6.07) is 11.7. The quantitative estimate of drug-likeness (QED) is 0.191. The highest BCUT2D eigenvalue weighted by atomic mass is 127. The average Bonchev–Trinajstić information content (AvgIpc) is 2.76. The van der Waals surface area contributed by atoms with E-state index >= 15 is 0 Å². The number of anilines is 1. The fraction of sp³-hybridized carbons (Fsp3) is 0.136. The molecule has 0 spiro atoms. The minimum absolute atomic E-state index is 0.0651. The van der Waals surface area contributed by atoms with Crippen LogP contribution < -0.4 is 16.4 Å². The molecule has 0 aliphatic heterocycles. The maximum atomic E-state index is 14.0. The van der Waals surface area contributed by atoms with Crippen LogP contribution in [0.25, 0.3) is 5.57 Å². The highest BCUT2D eigenvalue weighted by Crippen LogP contribution is 2.43. The fourth-order valence-electron chi connectivity index (χ4n) is 3.18. The first-order valence-corrected chi connectivity index (χ1v) is 10.7. The lowest BCUT2D eigenvalue weighted by molar-refractivity contribution is -0.146. The lowest BCUT2D eigenvalue weighted by atomic mass is 9.86. The third-order valence-electron chi connectivity index (χ3n) is 4.85. The van der Waals surface area contributed by atoms with Crippen LogP contribution in [0.5, 0.6) is 0 Å². The van der Waals surface area contributed by atoms with E-state index in [1.165, 1.54) is 31.4 Å². The van der Waals surface area contributed by atoms with E-state index in [0.29, 0.717) is 16.8 Å². The van der Waals surface area contributed by atoms with Crippen molar-refractivity contribution in [2.24, 2.45) is 5.73 Å². The number of alkyl halides is 1. The molecular formula is C22H19FIN3O4S. The maximum Gasteiger partial charge on any atom is 0.317 e. The molecule has 5 N–H and O–H groups in total. The van der Waals surface area contributed by atoms with Crippen LogP contribution in [0.15, 0.2) is 66.8 Å². The van der Waals surface area contributed by atoms with Gasteiger partial charge in [0, 0.05) is 18.4 Å². The van der Waals surface area contributed by atoms with Gasteiger partial charge >= 0.3 is 6.03 Å². The van der Waals surface area contributed by atoms with Gasteiger partial charge in [0.25, 0.3) is 5.91 Å². The summed E-state index contributed by atoms with van der Waals surface area (Å²) < 4.78 is 17.9. The van der Waals surface area contributed by atoms with E-state index in [0.717, 1.165) is 0 Å². The number of aliphatic hydroxyl groups is 1. The van der Waals surface area contributed by atoms with Crippen molar-refractivity contribution in [2.75, 3.05) is 12.4 Å². The van der Waals surface area contributed by atoms with Gasteiger partial charge in [0.15, 0.2) is 0 Å². The molecule has 0 radical (unpaired) electrons. The van der Waals surface area contributed by atoms with Gasteiger partial charge in [0.2, 0.25) is 5.79 Å². The van der Waals surface area contributed by atoms with Crippen LogP contribution in [0.3, 0.4) is 0 Å². The normalized spacial score (nSPS) is 22.1. The zero-order chi connectivity index (χ0) is 23.5. The van der Waals surface area contributed by atoms with Gasteiger partial charge in [0.05, 0.1) is 5.56 Å². The van der Waals surface area contributed by atoms with Crippen LogP contribution in [0, 0.1) is 5.82 Å². The van der Waals surface area contributed by atoms with E-state index in [2.05, 4.69) is 10.6 Å². The number of carbonyl (C=O) groups excluding carboxylic acids is 2. The molecule has 32 heavy (non-hydrogen) atoms. The number of amides is 3. The summed E-state index contributed by atoms with van der Waals surface area (Å²) >= 11 is 7.18. The van der Waals surface area contributed by atoms with E-state index in [1.54, 1.807) is 42.5 Å². The first-order valence-electron chi connectivity index (χ1n) is 9.26. The number of rotatable bonds is 5. The largest absolute Gasteiger partial charge is 0.361 e. The van der Waals surface area contributed by atoms with E-state index in [9.17, 15) is 19.1 Å². The van der Waals surface area contributed by atoms with Crippen LogP contribution in [0.2, 0.25) is 0 Å². The molecule has 3 amide bonds. The Bertz CT molecular complexity index is 1160. The summed E-state index contributed by atoms with van der Waals surface area (Å²) in [6.45, 7) is 0.